The summed E-state index contributed by atoms with van der Waals surface area (Å²) in [6.45, 7) is 3.87. The molecular formula is C15H20ClNO5. The molecule has 0 fully saturated rings. The molecule has 1 unspecified atom stereocenters. The Morgan fingerprint density at radius 1 is 1.41 bits per heavy atom. The number of amides is 1. The maximum atomic E-state index is 12.4. The molecule has 0 aliphatic rings. The van der Waals surface area contributed by atoms with Crippen LogP contribution in [-0.4, -0.2) is 49.2 Å². The van der Waals surface area contributed by atoms with Gasteiger partial charge in [-0.25, -0.2) is 0 Å². The van der Waals surface area contributed by atoms with Crippen LogP contribution in [0.15, 0.2) is 12.1 Å². The molecule has 0 aromatic heterocycles. The van der Waals surface area contributed by atoms with Crippen molar-refractivity contribution in [2.75, 3.05) is 27.3 Å². The van der Waals surface area contributed by atoms with Crippen molar-refractivity contribution in [2.45, 2.75) is 13.8 Å². The van der Waals surface area contributed by atoms with Gasteiger partial charge in [0.15, 0.2) is 11.5 Å². The lowest BCUT2D eigenvalue weighted by atomic mass is 10.1. The minimum Gasteiger partial charge on any atom is -0.493 e. The number of benzene rings is 1. The number of halogens is 1. The van der Waals surface area contributed by atoms with Crippen molar-refractivity contribution < 1.29 is 24.2 Å². The van der Waals surface area contributed by atoms with E-state index >= 15 is 0 Å². The Morgan fingerprint density at radius 3 is 2.55 bits per heavy atom. The Balaban J connectivity index is 3.03. The van der Waals surface area contributed by atoms with Crippen LogP contribution in [0.4, 0.5) is 0 Å². The van der Waals surface area contributed by atoms with Crippen LogP contribution in [-0.2, 0) is 4.79 Å². The summed E-state index contributed by atoms with van der Waals surface area (Å²) in [6.07, 6.45) is 0. The van der Waals surface area contributed by atoms with Gasteiger partial charge in [-0.15, -0.1) is 0 Å². The summed E-state index contributed by atoms with van der Waals surface area (Å²) in [5, 5.41) is 9.18. The highest BCUT2D eigenvalue weighted by atomic mass is 35.5. The molecule has 122 valence electrons. The van der Waals surface area contributed by atoms with Crippen molar-refractivity contribution in [1.29, 1.82) is 0 Å². The summed E-state index contributed by atoms with van der Waals surface area (Å²) in [6, 6.07) is 3.01. The topological polar surface area (TPSA) is 76.1 Å². The molecular weight excluding hydrogens is 310 g/mol. The molecule has 0 aliphatic carbocycles. The van der Waals surface area contributed by atoms with Crippen molar-refractivity contribution >= 4 is 23.5 Å². The third-order valence-electron chi connectivity index (χ3n) is 3.08. The summed E-state index contributed by atoms with van der Waals surface area (Å²) in [7, 11) is 3.00. The first-order chi connectivity index (χ1) is 10.3. The van der Waals surface area contributed by atoms with Gasteiger partial charge in [-0.05, 0) is 19.1 Å². The van der Waals surface area contributed by atoms with Gasteiger partial charge in [0.05, 0.1) is 24.7 Å². The van der Waals surface area contributed by atoms with Gasteiger partial charge in [0.1, 0.15) is 0 Å². The predicted molar refractivity (Wildman–Crippen MR) is 82.9 cm³/mol. The second-order valence-corrected chi connectivity index (χ2v) is 5.25. The molecule has 0 radical (unpaired) electrons. The first kappa shape index (κ1) is 18.1. The molecule has 0 aliphatic heterocycles. The zero-order valence-corrected chi connectivity index (χ0v) is 13.8. The van der Waals surface area contributed by atoms with Crippen LogP contribution in [0.3, 0.4) is 0 Å². The number of carbonyl (C=O) groups excluding carboxylic acids is 1. The summed E-state index contributed by atoms with van der Waals surface area (Å²) < 4.78 is 10.6. The normalized spacial score (nSPS) is 11.7. The van der Waals surface area contributed by atoms with Gasteiger partial charge in [0.25, 0.3) is 5.91 Å². The summed E-state index contributed by atoms with van der Waals surface area (Å²) in [5.41, 5.74) is 0.311. The van der Waals surface area contributed by atoms with E-state index < -0.39 is 11.9 Å². The second kappa shape index (κ2) is 7.89. The summed E-state index contributed by atoms with van der Waals surface area (Å²) in [5.74, 6) is -1.21. The van der Waals surface area contributed by atoms with Crippen LogP contribution in [0.5, 0.6) is 11.5 Å². The van der Waals surface area contributed by atoms with E-state index in [4.69, 9.17) is 26.2 Å². The Hall–Kier alpha value is -1.95. The first-order valence-electron chi connectivity index (χ1n) is 6.80. The van der Waals surface area contributed by atoms with Gasteiger partial charge < -0.3 is 19.5 Å². The van der Waals surface area contributed by atoms with E-state index in [0.29, 0.717) is 23.7 Å². The predicted octanol–water partition coefficient (Wildman–Crippen LogP) is 2.54. The summed E-state index contributed by atoms with van der Waals surface area (Å²) >= 11 is 6.13. The zero-order valence-electron chi connectivity index (χ0n) is 13.1. The Morgan fingerprint density at radius 2 is 2.05 bits per heavy atom. The molecule has 0 saturated heterocycles. The number of carboxylic acids is 1. The molecule has 6 nitrogen and oxygen atoms in total. The average molecular weight is 330 g/mol. The zero-order chi connectivity index (χ0) is 16.9. The SMILES string of the molecule is CCOc1c(Cl)cc(C(=O)N(C)CC(C)C(=O)O)cc1OC. The highest BCUT2D eigenvalue weighted by Gasteiger charge is 2.21. The van der Waals surface area contributed by atoms with E-state index in [1.54, 1.807) is 7.05 Å². The maximum Gasteiger partial charge on any atom is 0.308 e. The lowest BCUT2D eigenvalue weighted by Crippen LogP contribution is -2.33. The van der Waals surface area contributed by atoms with Crippen LogP contribution in [0.2, 0.25) is 5.02 Å². The van der Waals surface area contributed by atoms with Crippen LogP contribution in [0, 0.1) is 5.92 Å². The molecule has 1 amide bonds. The van der Waals surface area contributed by atoms with E-state index in [1.807, 2.05) is 6.92 Å². The van der Waals surface area contributed by atoms with E-state index in [-0.39, 0.29) is 17.5 Å². The minimum absolute atomic E-state index is 0.0985. The number of nitrogens with zero attached hydrogens (tertiary/aromatic N) is 1. The fourth-order valence-electron chi connectivity index (χ4n) is 1.92. The third kappa shape index (κ3) is 4.27. The van der Waals surface area contributed by atoms with Crippen molar-refractivity contribution in [3.63, 3.8) is 0 Å². The molecule has 7 heteroatoms. The smallest absolute Gasteiger partial charge is 0.308 e. The van der Waals surface area contributed by atoms with Crippen molar-refractivity contribution in [1.82, 2.24) is 4.90 Å². The highest BCUT2D eigenvalue weighted by Crippen LogP contribution is 2.36. The molecule has 1 aromatic carbocycles. The van der Waals surface area contributed by atoms with E-state index in [0.717, 1.165) is 0 Å². The fourth-order valence-corrected chi connectivity index (χ4v) is 2.19. The van der Waals surface area contributed by atoms with E-state index in [9.17, 15) is 9.59 Å². The number of carboxylic acid groups (broad SMARTS) is 1. The molecule has 0 heterocycles. The highest BCUT2D eigenvalue weighted by molar-refractivity contribution is 6.32. The van der Waals surface area contributed by atoms with Crippen LogP contribution >= 0.6 is 11.6 Å². The average Bonchev–Trinajstić information content (AvgIpc) is 2.47. The van der Waals surface area contributed by atoms with Gasteiger partial charge >= 0.3 is 5.97 Å². The maximum absolute atomic E-state index is 12.4. The van der Waals surface area contributed by atoms with Gasteiger partial charge in [0, 0.05) is 19.2 Å². The molecule has 1 rings (SSSR count). The number of ether oxygens (including phenoxy) is 2. The molecule has 22 heavy (non-hydrogen) atoms. The van der Waals surface area contributed by atoms with E-state index in [1.165, 1.54) is 31.1 Å². The van der Waals surface area contributed by atoms with Crippen LogP contribution in [0.25, 0.3) is 0 Å². The summed E-state index contributed by atoms with van der Waals surface area (Å²) in [4.78, 5) is 24.6. The van der Waals surface area contributed by atoms with Gasteiger partial charge in [0.2, 0.25) is 0 Å². The monoisotopic (exact) mass is 329 g/mol. The van der Waals surface area contributed by atoms with Crippen molar-refractivity contribution in [3.05, 3.63) is 22.7 Å². The first-order valence-corrected chi connectivity index (χ1v) is 7.18. The quantitative estimate of drug-likeness (QED) is 0.832. The lowest BCUT2D eigenvalue weighted by Gasteiger charge is -2.20. The number of aliphatic carboxylic acids is 1. The van der Waals surface area contributed by atoms with Gasteiger partial charge in [-0.3, -0.25) is 9.59 Å². The van der Waals surface area contributed by atoms with Gasteiger partial charge in [-0.1, -0.05) is 18.5 Å². The standard InChI is InChI=1S/C15H20ClNO5/c1-5-22-13-11(16)6-10(7-12(13)21-4)14(18)17(3)8-9(2)15(19)20/h6-7,9H,5,8H2,1-4H3,(H,19,20). The van der Waals surface area contributed by atoms with Crippen LogP contribution in [0.1, 0.15) is 24.2 Å². The van der Waals surface area contributed by atoms with Gasteiger partial charge in [-0.2, -0.15) is 0 Å². The Labute approximate surface area is 134 Å². The number of methoxy groups -OCH3 is 1. The lowest BCUT2D eigenvalue weighted by molar-refractivity contribution is -0.141. The fraction of sp³-hybridized carbons (Fsp3) is 0.467. The second-order valence-electron chi connectivity index (χ2n) is 4.85. The molecule has 0 spiro atoms. The molecule has 1 N–H and O–H groups in total. The molecule has 1 aromatic rings. The number of hydrogen-bond donors (Lipinski definition) is 1. The number of carbonyl (C=O) groups is 2. The van der Waals surface area contributed by atoms with Crippen molar-refractivity contribution in [3.8, 4) is 11.5 Å². The molecule has 0 bridgehead atoms. The minimum atomic E-state index is -0.957. The number of hydrogen-bond acceptors (Lipinski definition) is 4. The molecule has 0 saturated carbocycles. The van der Waals surface area contributed by atoms with Crippen molar-refractivity contribution in [2.24, 2.45) is 5.92 Å². The third-order valence-corrected chi connectivity index (χ3v) is 3.36. The molecule has 1 atom stereocenters. The Kier molecular flexibility index (Phi) is 6.49. The number of rotatable bonds is 7. The largest absolute Gasteiger partial charge is 0.493 e. The Bertz CT molecular complexity index is 561. The van der Waals surface area contributed by atoms with Crippen LogP contribution < -0.4 is 9.47 Å². The van der Waals surface area contributed by atoms with E-state index in [2.05, 4.69) is 0 Å².